The van der Waals surface area contributed by atoms with Gasteiger partial charge in [0.15, 0.2) is 0 Å². The lowest BCUT2D eigenvalue weighted by Gasteiger charge is -2.20. The number of para-hydroxylation sites is 2. The van der Waals surface area contributed by atoms with Crippen molar-refractivity contribution in [2.45, 2.75) is 63.5 Å². The summed E-state index contributed by atoms with van der Waals surface area (Å²) in [6.07, 6.45) is 9.50. The lowest BCUT2D eigenvalue weighted by Crippen LogP contribution is -2.20. The van der Waals surface area contributed by atoms with Crippen molar-refractivity contribution < 1.29 is 0 Å². The van der Waals surface area contributed by atoms with Crippen LogP contribution in [0.1, 0.15) is 61.4 Å². The van der Waals surface area contributed by atoms with Crippen molar-refractivity contribution in [3.8, 4) is 12.1 Å². The van der Waals surface area contributed by atoms with Gasteiger partial charge in [-0.1, -0.05) is 24.3 Å². The minimum Gasteiger partial charge on any atom is -0.371 e. The van der Waals surface area contributed by atoms with Gasteiger partial charge in [-0.2, -0.15) is 10.5 Å². The molecule has 2 saturated heterocycles. The number of nitriles is 2. The summed E-state index contributed by atoms with van der Waals surface area (Å²) in [5.41, 5.74) is 6.06. The summed E-state index contributed by atoms with van der Waals surface area (Å²) in [7, 11) is 0. The number of fused-ring (bicyclic) bond motifs is 2. The number of hydrogen-bond acceptors (Lipinski definition) is 8. The molecule has 4 fully saturated rings. The zero-order valence-electron chi connectivity index (χ0n) is 22.3. The first-order valence-electron chi connectivity index (χ1n) is 14.2. The first-order chi connectivity index (χ1) is 19.7. The maximum Gasteiger partial charge on any atom is 0.136 e. The maximum atomic E-state index is 9.62. The van der Waals surface area contributed by atoms with Crippen molar-refractivity contribution in [1.82, 2.24) is 19.8 Å². The number of hydrogen-bond donors (Lipinski definition) is 0. The van der Waals surface area contributed by atoms with Crippen LogP contribution in [0.5, 0.6) is 0 Å². The summed E-state index contributed by atoms with van der Waals surface area (Å²) in [6.45, 7) is 2.21. The Morgan fingerprint density at radius 1 is 0.675 bits per heavy atom. The summed E-state index contributed by atoms with van der Waals surface area (Å²) >= 11 is 3.27. The molecule has 4 heterocycles. The monoisotopic (exact) mass is 562 g/mol. The van der Waals surface area contributed by atoms with E-state index in [9.17, 15) is 10.5 Å². The van der Waals surface area contributed by atoms with E-state index in [1.54, 1.807) is 22.7 Å². The number of aromatic nitrogens is 2. The first-order valence-corrected chi connectivity index (χ1v) is 15.9. The second kappa shape index (κ2) is 10.7. The molecule has 0 radical (unpaired) electrons. The van der Waals surface area contributed by atoms with E-state index in [-0.39, 0.29) is 0 Å². The Balaban J connectivity index is 0.000000132. The van der Waals surface area contributed by atoms with Crippen LogP contribution < -0.4 is 0 Å². The van der Waals surface area contributed by atoms with Crippen LogP contribution >= 0.6 is 22.7 Å². The molecule has 8 heteroatoms. The zero-order valence-corrected chi connectivity index (χ0v) is 24.0. The standard InChI is InChI=1S/2C16H15N3S/c2*17-10-12(14-5-3-9-19(14)11-7-8-11)16-18-13-4-1-2-6-15(13)20-16/h2*1-2,4,6,11H,3,5,7-9H2/b2*14-12+. The molecular formula is C32H30N6S2. The summed E-state index contributed by atoms with van der Waals surface area (Å²) in [5, 5.41) is 21.0. The second-order valence-electron chi connectivity index (χ2n) is 10.9. The summed E-state index contributed by atoms with van der Waals surface area (Å²) < 4.78 is 2.32. The van der Waals surface area contributed by atoms with E-state index in [0.717, 1.165) is 67.5 Å². The van der Waals surface area contributed by atoms with Crippen LogP contribution in [0.25, 0.3) is 31.6 Å². The van der Waals surface area contributed by atoms with Gasteiger partial charge in [0.1, 0.15) is 33.3 Å². The molecule has 0 bridgehead atoms. The Bertz CT molecular complexity index is 1530. The van der Waals surface area contributed by atoms with E-state index in [0.29, 0.717) is 12.1 Å². The predicted octanol–water partition coefficient (Wildman–Crippen LogP) is 7.58. The Morgan fingerprint density at radius 2 is 1.10 bits per heavy atom. The summed E-state index contributed by atoms with van der Waals surface area (Å²) in [6, 6.07) is 22.4. The molecule has 6 nitrogen and oxygen atoms in total. The molecule has 4 aliphatic rings. The van der Waals surface area contributed by atoms with E-state index in [2.05, 4.69) is 44.0 Å². The van der Waals surface area contributed by atoms with Crippen LogP contribution in [0.4, 0.5) is 0 Å². The fraction of sp³-hybridized carbons (Fsp3) is 0.375. The smallest absolute Gasteiger partial charge is 0.136 e. The molecule has 2 aromatic heterocycles. The number of rotatable bonds is 4. The molecule has 0 unspecified atom stereocenters. The van der Waals surface area contributed by atoms with Gasteiger partial charge in [-0.15, -0.1) is 22.7 Å². The maximum absolute atomic E-state index is 9.62. The molecule has 0 amide bonds. The fourth-order valence-electron chi connectivity index (χ4n) is 5.94. The van der Waals surface area contributed by atoms with E-state index < -0.39 is 0 Å². The molecule has 2 aliphatic carbocycles. The van der Waals surface area contributed by atoms with Crippen LogP contribution in [0.2, 0.25) is 0 Å². The zero-order chi connectivity index (χ0) is 27.1. The largest absolute Gasteiger partial charge is 0.371 e. The lowest BCUT2D eigenvalue weighted by molar-refractivity contribution is 0.384. The molecule has 2 saturated carbocycles. The average Bonchev–Trinajstić information content (AvgIpc) is 3.78. The normalized spacial score (nSPS) is 21.2. The van der Waals surface area contributed by atoms with Crippen molar-refractivity contribution in [2.75, 3.05) is 13.1 Å². The van der Waals surface area contributed by atoms with Gasteiger partial charge >= 0.3 is 0 Å². The lowest BCUT2D eigenvalue weighted by atomic mass is 10.2. The Morgan fingerprint density at radius 3 is 1.48 bits per heavy atom. The Hall–Kier alpha value is -3.72. The molecule has 40 heavy (non-hydrogen) atoms. The topological polar surface area (TPSA) is 79.8 Å². The van der Waals surface area contributed by atoms with E-state index >= 15 is 0 Å². The SMILES string of the molecule is N#C/C(=C1/CCCN1C1CC1)c1nc2ccccc2s1.N#C/C(=C1/CCCN1C1CC1)c1nc2ccccc2s1. The third-order valence-corrected chi connectivity index (χ3v) is 10.2. The van der Waals surface area contributed by atoms with E-state index in [1.165, 1.54) is 49.9 Å². The van der Waals surface area contributed by atoms with Gasteiger partial charge in [-0.25, -0.2) is 9.97 Å². The van der Waals surface area contributed by atoms with Crippen molar-refractivity contribution in [3.63, 3.8) is 0 Å². The van der Waals surface area contributed by atoms with Crippen molar-refractivity contribution >= 4 is 54.3 Å². The minimum atomic E-state index is 0.685. The third kappa shape index (κ3) is 4.87. The Labute approximate surface area is 242 Å². The van der Waals surface area contributed by atoms with Gasteiger partial charge in [-0.3, -0.25) is 0 Å². The second-order valence-corrected chi connectivity index (χ2v) is 13.0. The van der Waals surface area contributed by atoms with E-state index in [4.69, 9.17) is 0 Å². The third-order valence-electron chi connectivity index (χ3n) is 8.11. The van der Waals surface area contributed by atoms with Gasteiger partial charge < -0.3 is 9.80 Å². The van der Waals surface area contributed by atoms with Crippen molar-refractivity contribution in [3.05, 3.63) is 69.9 Å². The number of thiazole rings is 2. The number of benzene rings is 2. The fourth-order valence-corrected chi connectivity index (χ4v) is 7.90. The molecule has 4 aromatic rings. The van der Waals surface area contributed by atoms with Crippen LogP contribution in [0, 0.1) is 22.7 Å². The van der Waals surface area contributed by atoms with Gasteiger partial charge in [0.05, 0.1) is 20.4 Å². The van der Waals surface area contributed by atoms with Crippen molar-refractivity contribution in [1.29, 1.82) is 10.5 Å². The van der Waals surface area contributed by atoms with Gasteiger partial charge in [0.2, 0.25) is 0 Å². The molecule has 2 aromatic carbocycles. The first kappa shape index (κ1) is 25.3. The quantitative estimate of drug-likeness (QED) is 0.239. The van der Waals surface area contributed by atoms with Gasteiger partial charge in [0, 0.05) is 36.6 Å². The predicted molar refractivity (Wildman–Crippen MR) is 162 cm³/mol. The number of allylic oxidation sites excluding steroid dienone is 4. The minimum absolute atomic E-state index is 0.685. The van der Waals surface area contributed by atoms with E-state index in [1.807, 2.05) is 36.4 Å². The Kier molecular flexibility index (Phi) is 6.75. The molecule has 0 spiro atoms. The molecule has 0 N–H and O–H groups in total. The average molecular weight is 563 g/mol. The van der Waals surface area contributed by atoms with Crippen LogP contribution in [-0.2, 0) is 0 Å². The summed E-state index contributed by atoms with van der Waals surface area (Å²) in [4.78, 5) is 14.2. The highest BCUT2D eigenvalue weighted by Crippen LogP contribution is 2.41. The highest BCUT2D eigenvalue weighted by atomic mass is 32.1. The molecule has 0 atom stereocenters. The number of likely N-dealkylation sites (tertiary alicyclic amines) is 2. The van der Waals surface area contributed by atoms with Crippen LogP contribution in [0.3, 0.4) is 0 Å². The molecule has 8 rings (SSSR count). The highest BCUT2D eigenvalue weighted by Gasteiger charge is 2.36. The van der Waals surface area contributed by atoms with Crippen molar-refractivity contribution in [2.24, 2.45) is 0 Å². The number of nitrogens with zero attached hydrogens (tertiary/aromatic N) is 6. The summed E-state index contributed by atoms with van der Waals surface area (Å²) in [5.74, 6) is 0. The molecule has 2 aliphatic heterocycles. The van der Waals surface area contributed by atoms with Gasteiger partial charge in [-0.05, 0) is 75.6 Å². The molecular weight excluding hydrogens is 533 g/mol. The van der Waals surface area contributed by atoms with Crippen LogP contribution in [-0.4, -0.2) is 44.9 Å². The van der Waals surface area contributed by atoms with Crippen LogP contribution in [0.15, 0.2) is 59.9 Å². The molecule has 200 valence electrons. The highest BCUT2D eigenvalue weighted by molar-refractivity contribution is 7.20. The van der Waals surface area contributed by atoms with Gasteiger partial charge in [0.25, 0.3) is 0 Å².